The lowest BCUT2D eigenvalue weighted by molar-refractivity contribution is -0.148. The topological polar surface area (TPSA) is 86.6 Å². The third-order valence-corrected chi connectivity index (χ3v) is 4.39. The Morgan fingerprint density at radius 1 is 1.23 bits per heavy atom. The fourth-order valence-electron chi connectivity index (χ4n) is 2.95. The predicted molar refractivity (Wildman–Crippen MR) is 82.9 cm³/mol. The summed E-state index contributed by atoms with van der Waals surface area (Å²) in [4.78, 5) is 23.4. The van der Waals surface area contributed by atoms with Crippen molar-refractivity contribution in [1.82, 2.24) is 5.32 Å². The number of amides is 1. The van der Waals surface area contributed by atoms with Gasteiger partial charge >= 0.3 is 5.97 Å². The van der Waals surface area contributed by atoms with Crippen LogP contribution in [0.4, 0.5) is 0 Å². The van der Waals surface area contributed by atoms with Crippen LogP contribution in [0.5, 0.6) is 5.75 Å². The summed E-state index contributed by atoms with van der Waals surface area (Å²) in [6.07, 6.45) is 3.37. The highest BCUT2D eigenvalue weighted by molar-refractivity contribution is 6.30. The number of carboxylic acid groups (broad SMARTS) is 1. The maximum atomic E-state index is 12.2. The summed E-state index contributed by atoms with van der Waals surface area (Å²) in [7, 11) is 0. The Hall–Kier alpha value is -1.75. The highest BCUT2D eigenvalue weighted by Crippen LogP contribution is 2.30. The van der Waals surface area contributed by atoms with E-state index in [-0.39, 0.29) is 11.7 Å². The summed E-state index contributed by atoms with van der Waals surface area (Å²) in [6, 6.07) is 4.77. The van der Waals surface area contributed by atoms with E-state index in [9.17, 15) is 19.8 Å². The van der Waals surface area contributed by atoms with Crippen LogP contribution in [0.25, 0.3) is 0 Å². The van der Waals surface area contributed by atoms with E-state index in [1.807, 2.05) is 0 Å². The van der Waals surface area contributed by atoms with E-state index in [2.05, 4.69) is 5.32 Å². The van der Waals surface area contributed by atoms with Crippen molar-refractivity contribution in [2.24, 2.45) is 11.8 Å². The maximum Gasteiger partial charge on any atom is 0.307 e. The number of aliphatic carboxylic acids is 1. The van der Waals surface area contributed by atoms with Gasteiger partial charge in [-0.2, -0.15) is 0 Å². The van der Waals surface area contributed by atoms with Crippen LogP contribution in [0.3, 0.4) is 0 Å². The van der Waals surface area contributed by atoms with Gasteiger partial charge in [0.2, 0.25) is 5.91 Å². The summed E-state index contributed by atoms with van der Waals surface area (Å²) in [5.41, 5.74) is 0.659. The Labute approximate surface area is 134 Å². The summed E-state index contributed by atoms with van der Waals surface area (Å²) in [5.74, 6) is -2.02. The van der Waals surface area contributed by atoms with Crippen molar-refractivity contribution >= 4 is 23.5 Å². The van der Waals surface area contributed by atoms with Crippen LogP contribution < -0.4 is 5.32 Å². The van der Waals surface area contributed by atoms with Crippen LogP contribution in [0.15, 0.2) is 18.2 Å². The fourth-order valence-corrected chi connectivity index (χ4v) is 3.14. The highest BCUT2D eigenvalue weighted by Gasteiger charge is 2.35. The molecule has 1 aliphatic carbocycles. The molecule has 0 saturated heterocycles. The monoisotopic (exact) mass is 325 g/mol. The lowest BCUT2D eigenvalue weighted by atomic mass is 9.78. The molecule has 0 bridgehead atoms. The normalized spacial score (nSPS) is 21.3. The average Bonchev–Trinajstić information content (AvgIpc) is 2.50. The number of carboxylic acids is 1. The number of halogens is 1. The van der Waals surface area contributed by atoms with Crippen LogP contribution in [0, 0.1) is 11.8 Å². The van der Waals surface area contributed by atoms with Crippen LogP contribution in [0.2, 0.25) is 5.02 Å². The summed E-state index contributed by atoms with van der Waals surface area (Å²) >= 11 is 5.87. The van der Waals surface area contributed by atoms with E-state index < -0.39 is 17.8 Å². The molecule has 0 aromatic heterocycles. The fraction of sp³-hybridized carbons (Fsp3) is 0.500. The summed E-state index contributed by atoms with van der Waals surface area (Å²) in [5, 5.41) is 22.2. The van der Waals surface area contributed by atoms with Gasteiger partial charge in [-0.1, -0.05) is 24.4 Å². The molecule has 22 heavy (non-hydrogen) atoms. The zero-order valence-corrected chi connectivity index (χ0v) is 13.0. The van der Waals surface area contributed by atoms with Gasteiger partial charge < -0.3 is 15.5 Å². The van der Waals surface area contributed by atoms with E-state index in [0.717, 1.165) is 12.8 Å². The molecule has 0 heterocycles. The third kappa shape index (κ3) is 4.13. The van der Waals surface area contributed by atoms with Crippen molar-refractivity contribution in [3.63, 3.8) is 0 Å². The van der Waals surface area contributed by atoms with Crippen molar-refractivity contribution in [3.8, 4) is 5.75 Å². The average molecular weight is 326 g/mol. The molecule has 1 aromatic carbocycles. The zero-order chi connectivity index (χ0) is 16.1. The van der Waals surface area contributed by atoms with Gasteiger partial charge in [0.25, 0.3) is 0 Å². The lowest BCUT2D eigenvalue weighted by Crippen LogP contribution is -2.40. The van der Waals surface area contributed by atoms with Crippen molar-refractivity contribution in [3.05, 3.63) is 28.8 Å². The molecule has 1 aromatic rings. The number of hydrogen-bond acceptors (Lipinski definition) is 3. The number of nitrogens with one attached hydrogen (secondary N) is 1. The van der Waals surface area contributed by atoms with Gasteiger partial charge in [-0.15, -0.1) is 0 Å². The molecule has 0 aliphatic heterocycles. The number of hydrogen-bond donors (Lipinski definition) is 3. The molecule has 2 unspecified atom stereocenters. The Kier molecular flexibility index (Phi) is 5.66. The SMILES string of the molecule is O=C(O)C1CCCCC1C(=O)NCCc1cc(Cl)ccc1O. The molecule has 1 aliphatic rings. The molecule has 1 fully saturated rings. The molecule has 3 N–H and O–H groups in total. The second-order valence-corrected chi connectivity index (χ2v) is 6.09. The number of phenolic OH excluding ortho intramolecular Hbond substituents is 1. The molecule has 6 heteroatoms. The van der Waals surface area contributed by atoms with Gasteiger partial charge in [0.1, 0.15) is 5.75 Å². The Morgan fingerprint density at radius 2 is 1.91 bits per heavy atom. The molecular formula is C16H20ClNO4. The Bertz CT molecular complexity index is 561. The Morgan fingerprint density at radius 3 is 2.59 bits per heavy atom. The van der Waals surface area contributed by atoms with Gasteiger partial charge in [0.05, 0.1) is 11.8 Å². The zero-order valence-electron chi connectivity index (χ0n) is 12.2. The minimum Gasteiger partial charge on any atom is -0.508 e. The second-order valence-electron chi connectivity index (χ2n) is 5.65. The minimum absolute atomic E-state index is 0.139. The highest BCUT2D eigenvalue weighted by atomic mass is 35.5. The number of rotatable bonds is 5. The molecule has 0 spiro atoms. The molecular weight excluding hydrogens is 306 g/mol. The van der Waals surface area contributed by atoms with Gasteiger partial charge in [0, 0.05) is 11.6 Å². The lowest BCUT2D eigenvalue weighted by Gasteiger charge is -2.27. The van der Waals surface area contributed by atoms with Crippen LogP contribution in [-0.2, 0) is 16.0 Å². The van der Waals surface area contributed by atoms with Crippen molar-refractivity contribution in [2.45, 2.75) is 32.1 Å². The van der Waals surface area contributed by atoms with Gasteiger partial charge in [0.15, 0.2) is 0 Å². The number of benzene rings is 1. The smallest absolute Gasteiger partial charge is 0.307 e. The quantitative estimate of drug-likeness (QED) is 0.776. The number of carbonyl (C=O) groups excluding carboxylic acids is 1. The standard InChI is InChI=1S/C16H20ClNO4/c17-11-5-6-14(19)10(9-11)7-8-18-15(20)12-3-1-2-4-13(12)16(21)22/h5-6,9,12-13,19H,1-4,7-8H2,(H,18,20)(H,21,22). The predicted octanol–water partition coefficient (Wildman–Crippen LogP) is 2.60. The molecule has 2 rings (SSSR count). The van der Waals surface area contributed by atoms with Crippen molar-refractivity contribution in [1.29, 1.82) is 0 Å². The van der Waals surface area contributed by atoms with E-state index in [1.54, 1.807) is 12.1 Å². The van der Waals surface area contributed by atoms with Gasteiger partial charge in [-0.05, 0) is 43.0 Å². The molecule has 2 atom stereocenters. The van der Waals surface area contributed by atoms with Gasteiger partial charge in [-0.3, -0.25) is 9.59 Å². The van der Waals surface area contributed by atoms with E-state index >= 15 is 0 Å². The van der Waals surface area contributed by atoms with E-state index in [4.69, 9.17) is 11.6 Å². The number of aromatic hydroxyl groups is 1. The van der Waals surface area contributed by atoms with Crippen LogP contribution >= 0.6 is 11.6 Å². The molecule has 120 valence electrons. The van der Waals surface area contributed by atoms with E-state index in [0.29, 0.717) is 36.4 Å². The number of phenols is 1. The van der Waals surface area contributed by atoms with Crippen molar-refractivity contribution < 1.29 is 19.8 Å². The first-order chi connectivity index (χ1) is 10.5. The van der Waals surface area contributed by atoms with Crippen molar-refractivity contribution in [2.75, 3.05) is 6.54 Å². The van der Waals surface area contributed by atoms with Crippen LogP contribution in [-0.4, -0.2) is 28.6 Å². The molecule has 5 nitrogen and oxygen atoms in total. The molecule has 1 amide bonds. The van der Waals surface area contributed by atoms with Gasteiger partial charge in [-0.25, -0.2) is 0 Å². The van der Waals surface area contributed by atoms with Crippen LogP contribution in [0.1, 0.15) is 31.2 Å². The molecule has 0 radical (unpaired) electrons. The Balaban J connectivity index is 1.89. The van der Waals surface area contributed by atoms with E-state index in [1.165, 1.54) is 6.07 Å². The summed E-state index contributed by atoms with van der Waals surface area (Å²) in [6.45, 7) is 0.343. The minimum atomic E-state index is -0.896. The first-order valence-corrected chi connectivity index (χ1v) is 7.84. The largest absolute Gasteiger partial charge is 0.508 e. The molecule has 1 saturated carbocycles. The first-order valence-electron chi connectivity index (χ1n) is 7.47. The number of carbonyl (C=O) groups is 2. The summed E-state index contributed by atoms with van der Waals surface area (Å²) < 4.78 is 0. The first kappa shape index (κ1) is 16.6. The third-order valence-electron chi connectivity index (χ3n) is 4.16. The maximum absolute atomic E-state index is 12.2. The second kappa shape index (κ2) is 7.49.